The van der Waals surface area contributed by atoms with Gasteiger partial charge in [-0.15, -0.1) is 24.0 Å². The van der Waals surface area contributed by atoms with E-state index >= 15 is 0 Å². The molecule has 0 aromatic rings. The number of aliphatic imine (C=N–C) groups is 1. The van der Waals surface area contributed by atoms with Crippen LogP contribution in [0.4, 0.5) is 0 Å². The lowest BCUT2D eigenvalue weighted by Crippen LogP contribution is -2.45. The molecule has 3 N–H and O–H groups in total. The molecule has 1 aliphatic heterocycles. The van der Waals surface area contributed by atoms with Gasteiger partial charge in [0, 0.05) is 19.1 Å². The maximum absolute atomic E-state index is 10.7. The molecule has 0 aromatic carbocycles. The van der Waals surface area contributed by atoms with Gasteiger partial charge in [0.1, 0.15) is 0 Å². The van der Waals surface area contributed by atoms with Crippen molar-refractivity contribution in [1.82, 2.24) is 15.5 Å². The van der Waals surface area contributed by atoms with Gasteiger partial charge in [0.15, 0.2) is 5.96 Å². The number of likely N-dealkylation sites (N-methyl/N-ethyl adjacent to an activating group) is 1. The minimum atomic E-state index is -0.657. The SMILES string of the molecule is CCCC(O)(CCC)CN=C(NCC)NCC1CCCN1C.I. The Kier molecular flexibility index (Phi) is 12.3. The van der Waals surface area contributed by atoms with Gasteiger partial charge in [-0.2, -0.15) is 0 Å². The summed E-state index contributed by atoms with van der Waals surface area (Å²) in [6.45, 7) is 9.72. The Labute approximate surface area is 159 Å². The third kappa shape index (κ3) is 8.54. The number of guanidine groups is 1. The van der Waals surface area contributed by atoms with Crippen molar-refractivity contribution in [2.45, 2.75) is 70.9 Å². The Hall–Kier alpha value is -0.0800. The molecule has 0 aromatic heterocycles. The van der Waals surface area contributed by atoms with Crippen LogP contribution in [0.3, 0.4) is 0 Å². The molecule has 1 unspecified atom stereocenters. The summed E-state index contributed by atoms with van der Waals surface area (Å²) in [4.78, 5) is 7.04. The van der Waals surface area contributed by atoms with E-state index in [0.717, 1.165) is 44.7 Å². The Morgan fingerprint density at radius 1 is 1.22 bits per heavy atom. The average molecular weight is 440 g/mol. The van der Waals surface area contributed by atoms with E-state index in [-0.39, 0.29) is 24.0 Å². The van der Waals surface area contributed by atoms with Crippen molar-refractivity contribution >= 4 is 29.9 Å². The maximum atomic E-state index is 10.7. The smallest absolute Gasteiger partial charge is 0.191 e. The van der Waals surface area contributed by atoms with Gasteiger partial charge < -0.3 is 20.6 Å². The van der Waals surface area contributed by atoms with E-state index in [0.29, 0.717) is 12.6 Å². The highest BCUT2D eigenvalue weighted by Gasteiger charge is 2.25. The molecule has 0 bridgehead atoms. The molecule has 1 saturated heterocycles. The van der Waals surface area contributed by atoms with Gasteiger partial charge in [-0.25, -0.2) is 0 Å². The standard InChI is InChI=1S/C17H36N4O.HI/c1-5-10-17(22,11-6-2)14-20-16(18-7-3)19-13-15-9-8-12-21(15)4;/h15,22H,5-14H2,1-4H3,(H2,18,19,20);1H. The molecule has 0 amide bonds. The summed E-state index contributed by atoms with van der Waals surface area (Å²) >= 11 is 0. The van der Waals surface area contributed by atoms with Crippen LogP contribution in [0.2, 0.25) is 0 Å². The largest absolute Gasteiger partial charge is 0.388 e. The first-order chi connectivity index (χ1) is 10.5. The Morgan fingerprint density at radius 2 is 1.87 bits per heavy atom. The lowest BCUT2D eigenvalue weighted by Gasteiger charge is -2.26. The predicted octanol–water partition coefficient (Wildman–Crippen LogP) is 2.59. The van der Waals surface area contributed by atoms with Crippen molar-refractivity contribution in [3.05, 3.63) is 0 Å². The van der Waals surface area contributed by atoms with Crippen LogP contribution in [0.5, 0.6) is 0 Å². The van der Waals surface area contributed by atoms with E-state index in [1.54, 1.807) is 0 Å². The lowest BCUT2D eigenvalue weighted by atomic mass is 9.93. The third-order valence-corrected chi connectivity index (χ3v) is 4.48. The van der Waals surface area contributed by atoms with E-state index in [1.807, 2.05) is 0 Å². The van der Waals surface area contributed by atoms with Crippen LogP contribution in [0.15, 0.2) is 4.99 Å². The van der Waals surface area contributed by atoms with Crippen LogP contribution in [0.1, 0.15) is 59.3 Å². The van der Waals surface area contributed by atoms with E-state index in [2.05, 4.69) is 48.3 Å². The fourth-order valence-electron chi connectivity index (χ4n) is 3.23. The molecule has 138 valence electrons. The number of hydrogen-bond donors (Lipinski definition) is 3. The minimum Gasteiger partial charge on any atom is -0.388 e. The molecule has 0 aliphatic carbocycles. The fourth-order valence-corrected chi connectivity index (χ4v) is 3.23. The van der Waals surface area contributed by atoms with E-state index in [1.165, 1.54) is 19.4 Å². The van der Waals surface area contributed by atoms with Crippen molar-refractivity contribution in [3.63, 3.8) is 0 Å². The van der Waals surface area contributed by atoms with Crippen LogP contribution in [0.25, 0.3) is 0 Å². The van der Waals surface area contributed by atoms with Crippen LogP contribution in [0, 0.1) is 0 Å². The van der Waals surface area contributed by atoms with Gasteiger partial charge in [0.25, 0.3) is 0 Å². The topological polar surface area (TPSA) is 59.9 Å². The minimum absolute atomic E-state index is 0. The number of likely N-dealkylation sites (tertiary alicyclic amines) is 1. The fraction of sp³-hybridized carbons (Fsp3) is 0.941. The summed E-state index contributed by atoms with van der Waals surface area (Å²) in [5.74, 6) is 0.827. The summed E-state index contributed by atoms with van der Waals surface area (Å²) < 4.78 is 0. The molecule has 23 heavy (non-hydrogen) atoms. The van der Waals surface area contributed by atoms with Crippen molar-refractivity contribution in [3.8, 4) is 0 Å². The molecular weight excluding hydrogens is 403 g/mol. The van der Waals surface area contributed by atoms with Crippen LogP contribution >= 0.6 is 24.0 Å². The second kappa shape index (κ2) is 12.3. The van der Waals surface area contributed by atoms with Crippen molar-refractivity contribution in [2.24, 2.45) is 4.99 Å². The number of halogens is 1. The molecule has 0 radical (unpaired) electrons. The number of nitrogens with zero attached hydrogens (tertiary/aromatic N) is 2. The molecule has 0 spiro atoms. The first-order valence-corrected chi connectivity index (χ1v) is 8.99. The molecule has 1 atom stereocenters. The van der Waals surface area contributed by atoms with E-state index in [9.17, 15) is 5.11 Å². The van der Waals surface area contributed by atoms with Crippen molar-refractivity contribution < 1.29 is 5.11 Å². The van der Waals surface area contributed by atoms with Gasteiger partial charge in [0.05, 0.1) is 12.1 Å². The highest BCUT2D eigenvalue weighted by atomic mass is 127. The third-order valence-electron chi connectivity index (χ3n) is 4.48. The van der Waals surface area contributed by atoms with Gasteiger partial charge in [0.2, 0.25) is 0 Å². The van der Waals surface area contributed by atoms with E-state index in [4.69, 9.17) is 0 Å². The monoisotopic (exact) mass is 440 g/mol. The summed E-state index contributed by atoms with van der Waals surface area (Å²) in [5.41, 5.74) is -0.657. The Balaban J connectivity index is 0.00000484. The van der Waals surface area contributed by atoms with Crippen LogP contribution in [-0.4, -0.2) is 60.8 Å². The molecule has 1 heterocycles. The zero-order valence-corrected chi connectivity index (χ0v) is 17.7. The van der Waals surface area contributed by atoms with Gasteiger partial charge in [-0.1, -0.05) is 26.7 Å². The predicted molar refractivity (Wildman–Crippen MR) is 110 cm³/mol. The highest BCUT2D eigenvalue weighted by Crippen LogP contribution is 2.20. The molecule has 0 saturated carbocycles. The van der Waals surface area contributed by atoms with Crippen LogP contribution in [-0.2, 0) is 0 Å². The molecular formula is C17H37IN4O. The second-order valence-electron chi connectivity index (χ2n) is 6.58. The summed E-state index contributed by atoms with van der Waals surface area (Å²) in [5, 5.41) is 17.4. The Bertz CT molecular complexity index is 333. The summed E-state index contributed by atoms with van der Waals surface area (Å²) in [7, 11) is 2.19. The van der Waals surface area contributed by atoms with Crippen molar-refractivity contribution in [2.75, 3.05) is 33.2 Å². The number of hydrogen-bond acceptors (Lipinski definition) is 3. The second-order valence-corrected chi connectivity index (χ2v) is 6.58. The van der Waals surface area contributed by atoms with Gasteiger partial charge in [-0.05, 0) is 46.2 Å². The molecule has 6 heteroatoms. The zero-order chi connectivity index (χ0) is 16.4. The zero-order valence-electron chi connectivity index (χ0n) is 15.4. The Morgan fingerprint density at radius 3 is 2.35 bits per heavy atom. The average Bonchev–Trinajstić information content (AvgIpc) is 2.88. The first-order valence-electron chi connectivity index (χ1n) is 8.99. The van der Waals surface area contributed by atoms with Gasteiger partial charge in [-0.3, -0.25) is 4.99 Å². The quantitative estimate of drug-likeness (QED) is 0.293. The maximum Gasteiger partial charge on any atom is 0.191 e. The number of nitrogens with one attached hydrogen (secondary N) is 2. The molecule has 1 rings (SSSR count). The number of aliphatic hydroxyl groups is 1. The molecule has 1 fully saturated rings. The molecule has 1 aliphatic rings. The van der Waals surface area contributed by atoms with E-state index < -0.39 is 5.60 Å². The first kappa shape index (κ1) is 22.9. The summed E-state index contributed by atoms with van der Waals surface area (Å²) in [6, 6.07) is 0.592. The normalized spacial score (nSPS) is 19.5. The lowest BCUT2D eigenvalue weighted by molar-refractivity contribution is 0.0306. The van der Waals surface area contributed by atoms with Crippen molar-refractivity contribution in [1.29, 1.82) is 0 Å². The van der Waals surface area contributed by atoms with Gasteiger partial charge >= 0.3 is 0 Å². The molecule has 5 nitrogen and oxygen atoms in total. The highest BCUT2D eigenvalue weighted by molar-refractivity contribution is 14.0. The number of rotatable bonds is 9. The van der Waals surface area contributed by atoms with Crippen LogP contribution < -0.4 is 10.6 Å². The summed E-state index contributed by atoms with van der Waals surface area (Å²) in [6.07, 6.45) is 6.14.